The quantitative estimate of drug-likeness (QED) is 0.449. The van der Waals surface area contributed by atoms with E-state index in [9.17, 15) is 18.0 Å². The molecule has 0 aliphatic carbocycles. The summed E-state index contributed by atoms with van der Waals surface area (Å²) in [5, 5.41) is 9.57. The third-order valence-electron chi connectivity index (χ3n) is 3.88. The maximum atomic E-state index is 12.2. The minimum atomic E-state index is -3.34. The fourth-order valence-corrected chi connectivity index (χ4v) is 4.49. The van der Waals surface area contributed by atoms with Crippen LogP contribution in [0.3, 0.4) is 0 Å². The highest BCUT2D eigenvalue weighted by Gasteiger charge is 2.12. The van der Waals surface area contributed by atoms with Crippen molar-refractivity contribution in [2.75, 3.05) is 21.1 Å². The maximum Gasteiger partial charge on any atom is 0.232 e. The fourth-order valence-electron chi connectivity index (χ4n) is 2.42. The first-order chi connectivity index (χ1) is 14.3. The van der Waals surface area contributed by atoms with Crippen molar-refractivity contribution in [3.05, 3.63) is 57.7 Å². The van der Waals surface area contributed by atoms with E-state index in [1.807, 2.05) is 17.5 Å². The molecule has 158 valence electrons. The zero-order chi connectivity index (χ0) is 21.6. The van der Waals surface area contributed by atoms with Gasteiger partial charge in [-0.15, -0.1) is 22.7 Å². The molecule has 0 saturated carbocycles. The van der Waals surface area contributed by atoms with Crippen LogP contribution in [0.5, 0.6) is 0 Å². The van der Waals surface area contributed by atoms with Gasteiger partial charge in [0.1, 0.15) is 0 Å². The molecule has 30 heavy (non-hydrogen) atoms. The number of carbonyl (C=O) groups excluding carboxylic acids is 2. The van der Waals surface area contributed by atoms with E-state index in [1.165, 1.54) is 22.7 Å². The smallest absolute Gasteiger partial charge is 0.232 e. The molecule has 3 N–H and O–H groups in total. The molecule has 2 aromatic heterocycles. The minimum absolute atomic E-state index is 0.0182. The van der Waals surface area contributed by atoms with E-state index >= 15 is 0 Å². The lowest BCUT2D eigenvalue weighted by Gasteiger charge is -2.08. The molecular formula is C19H20N4O4S3. The van der Waals surface area contributed by atoms with Crippen LogP contribution < -0.4 is 15.4 Å². The third kappa shape index (κ3) is 6.65. The van der Waals surface area contributed by atoms with Gasteiger partial charge in [0, 0.05) is 21.6 Å². The highest BCUT2D eigenvalue weighted by atomic mass is 32.2. The monoisotopic (exact) mass is 464 g/mol. The number of hydrogen-bond acceptors (Lipinski definition) is 7. The van der Waals surface area contributed by atoms with Crippen LogP contribution in [0.1, 0.15) is 17.5 Å². The summed E-state index contributed by atoms with van der Waals surface area (Å²) < 4.78 is 25.6. The van der Waals surface area contributed by atoms with Gasteiger partial charge in [-0.25, -0.2) is 13.4 Å². The van der Waals surface area contributed by atoms with Crippen LogP contribution in [0.2, 0.25) is 0 Å². The summed E-state index contributed by atoms with van der Waals surface area (Å²) in [5.41, 5.74) is 1.52. The number of rotatable bonds is 9. The zero-order valence-corrected chi connectivity index (χ0v) is 18.5. The Kier molecular flexibility index (Phi) is 7.19. The van der Waals surface area contributed by atoms with E-state index in [4.69, 9.17) is 0 Å². The number of hydrogen-bond donors (Lipinski definition) is 3. The van der Waals surface area contributed by atoms with Crippen molar-refractivity contribution >= 4 is 61.0 Å². The van der Waals surface area contributed by atoms with Gasteiger partial charge in [-0.05, 0) is 42.6 Å². The minimum Gasteiger partial charge on any atom is -0.326 e. The summed E-state index contributed by atoms with van der Waals surface area (Å²) in [6, 6.07) is 10.2. The molecule has 1 aromatic carbocycles. The zero-order valence-electron chi connectivity index (χ0n) is 16.0. The number of aromatic nitrogens is 1. The summed E-state index contributed by atoms with van der Waals surface area (Å²) >= 11 is 2.78. The Labute approximate surface area is 182 Å². The molecule has 3 aromatic rings. The number of thiazole rings is 1. The van der Waals surface area contributed by atoms with Crippen molar-refractivity contribution in [3.63, 3.8) is 0 Å². The first-order valence-electron chi connectivity index (χ1n) is 9.00. The summed E-state index contributed by atoms with van der Waals surface area (Å²) in [5.74, 6) is -0.435. The standard InChI is InChI=1S/C19H20N4O4S3/c1-2-30(26,27)23-14-7-5-13(6-8-14)20-17(24)10-15-12-29-19(21-15)22-18(25)11-16-4-3-9-28-16/h3-9,12,23H,2,10-11H2,1H3,(H,20,24)(H,21,22,25). The lowest BCUT2D eigenvalue weighted by atomic mass is 10.2. The van der Waals surface area contributed by atoms with E-state index < -0.39 is 10.0 Å². The van der Waals surface area contributed by atoms with Crippen LogP contribution in [0.4, 0.5) is 16.5 Å². The van der Waals surface area contributed by atoms with Crippen LogP contribution >= 0.6 is 22.7 Å². The number of thiophene rings is 1. The van der Waals surface area contributed by atoms with Gasteiger partial charge in [0.05, 0.1) is 24.3 Å². The molecule has 0 spiro atoms. The van der Waals surface area contributed by atoms with Gasteiger partial charge in [0.15, 0.2) is 5.13 Å². The molecule has 0 atom stereocenters. The van der Waals surface area contributed by atoms with Gasteiger partial charge < -0.3 is 10.6 Å². The number of nitrogens with zero attached hydrogens (tertiary/aromatic N) is 1. The van der Waals surface area contributed by atoms with Crippen molar-refractivity contribution in [2.24, 2.45) is 0 Å². The van der Waals surface area contributed by atoms with Crippen LogP contribution in [-0.2, 0) is 32.5 Å². The Hall–Kier alpha value is -2.76. The number of sulfonamides is 1. The van der Waals surface area contributed by atoms with E-state index in [1.54, 1.807) is 36.6 Å². The number of carbonyl (C=O) groups is 2. The molecule has 0 bridgehead atoms. The molecule has 2 heterocycles. The Bertz CT molecular complexity index is 1110. The molecule has 0 radical (unpaired) electrons. The first-order valence-corrected chi connectivity index (χ1v) is 12.4. The van der Waals surface area contributed by atoms with Crippen LogP contribution in [0, 0.1) is 0 Å². The van der Waals surface area contributed by atoms with Gasteiger partial charge in [-0.1, -0.05) is 6.07 Å². The highest BCUT2D eigenvalue weighted by molar-refractivity contribution is 7.92. The first kappa shape index (κ1) is 21.9. The van der Waals surface area contributed by atoms with Crippen LogP contribution in [0.15, 0.2) is 47.2 Å². The van der Waals surface area contributed by atoms with Crippen molar-refractivity contribution in [1.82, 2.24) is 4.98 Å². The summed E-state index contributed by atoms with van der Waals surface area (Å²) in [6.07, 6.45) is 0.346. The molecule has 0 aliphatic rings. The molecule has 8 nitrogen and oxygen atoms in total. The predicted molar refractivity (Wildman–Crippen MR) is 121 cm³/mol. The average Bonchev–Trinajstić information content (AvgIpc) is 3.35. The van der Waals surface area contributed by atoms with Crippen LogP contribution in [0.25, 0.3) is 0 Å². The second-order valence-corrected chi connectivity index (χ2v) is 10.2. The van der Waals surface area contributed by atoms with Gasteiger partial charge in [0.25, 0.3) is 0 Å². The van der Waals surface area contributed by atoms with E-state index in [2.05, 4.69) is 20.3 Å². The highest BCUT2D eigenvalue weighted by Crippen LogP contribution is 2.19. The van der Waals surface area contributed by atoms with Crippen molar-refractivity contribution < 1.29 is 18.0 Å². The van der Waals surface area contributed by atoms with Crippen molar-refractivity contribution in [3.8, 4) is 0 Å². The SMILES string of the molecule is CCS(=O)(=O)Nc1ccc(NC(=O)Cc2csc(NC(=O)Cc3cccs3)n2)cc1. The van der Waals surface area contributed by atoms with Crippen molar-refractivity contribution in [2.45, 2.75) is 19.8 Å². The fraction of sp³-hybridized carbons (Fsp3) is 0.211. The Morgan fingerprint density at radius 2 is 1.67 bits per heavy atom. The molecule has 2 amide bonds. The van der Waals surface area contributed by atoms with E-state index in [-0.39, 0.29) is 30.4 Å². The second-order valence-electron chi connectivity index (χ2n) is 6.26. The van der Waals surface area contributed by atoms with Gasteiger partial charge in [0.2, 0.25) is 21.8 Å². The lowest BCUT2D eigenvalue weighted by molar-refractivity contribution is -0.116. The normalized spacial score (nSPS) is 11.1. The largest absolute Gasteiger partial charge is 0.326 e. The molecule has 0 fully saturated rings. The summed E-state index contributed by atoms with van der Waals surface area (Å²) in [4.78, 5) is 29.5. The van der Waals surface area contributed by atoms with Crippen molar-refractivity contribution in [1.29, 1.82) is 0 Å². The molecule has 3 rings (SSSR count). The average molecular weight is 465 g/mol. The molecule has 0 saturated heterocycles. The number of nitrogens with one attached hydrogen (secondary N) is 3. The van der Waals surface area contributed by atoms with E-state index in [0.29, 0.717) is 22.2 Å². The lowest BCUT2D eigenvalue weighted by Crippen LogP contribution is -2.16. The molecule has 0 unspecified atom stereocenters. The van der Waals surface area contributed by atoms with Gasteiger partial charge in [-0.3, -0.25) is 14.3 Å². The van der Waals surface area contributed by atoms with Gasteiger partial charge in [-0.2, -0.15) is 0 Å². The number of anilines is 3. The Morgan fingerprint density at radius 1 is 0.967 bits per heavy atom. The second kappa shape index (κ2) is 9.83. The Morgan fingerprint density at radius 3 is 2.33 bits per heavy atom. The van der Waals surface area contributed by atoms with Gasteiger partial charge >= 0.3 is 0 Å². The maximum absolute atomic E-state index is 12.2. The molecule has 11 heteroatoms. The topological polar surface area (TPSA) is 117 Å². The summed E-state index contributed by atoms with van der Waals surface area (Å²) in [7, 11) is -3.34. The molecular weight excluding hydrogens is 444 g/mol. The third-order valence-corrected chi connectivity index (χ3v) is 6.87. The number of benzene rings is 1. The predicted octanol–water partition coefficient (Wildman–Crippen LogP) is 3.33. The molecule has 0 aliphatic heterocycles. The summed E-state index contributed by atoms with van der Waals surface area (Å²) in [6.45, 7) is 1.55. The van der Waals surface area contributed by atoms with Crippen LogP contribution in [-0.4, -0.2) is 31.0 Å². The van der Waals surface area contributed by atoms with E-state index in [0.717, 1.165) is 4.88 Å². The number of amides is 2. The Balaban J connectivity index is 1.50.